The molecule has 0 spiro atoms. The molecule has 2 aromatic heterocycles. The molecule has 7 nitrogen and oxygen atoms in total. The Morgan fingerprint density at radius 2 is 2.00 bits per heavy atom. The van der Waals surface area contributed by atoms with Gasteiger partial charge < -0.3 is 5.32 Å². The predicted octanol–water partition coefficient (Wildman–Crippen LogP) is 1.68. The molecule has 25 heavy (non-hydrogen) atoms. The van der Waals surface area contributed by atoms with Crippen LogP contribution in [0.5, 0.6) is 0 Å². The maximum atomic E-state index is 12.4. The Labute approximate surface area is 149 Å². The highest BCUT2D eigenvalue weighted by Gasteiger charge is 2.18. The summed E-state index contributed by atoms with van der Waals surface area (Å²) in [6.07, 6.45) is 1.69. The topological polar surface area (TPSA) is 101 Å². The lowest BCUT2D eigenvalue weighted by molar-refractivity contribution is -0.121. The average Bonchev–Trinajstić information content (AvgIpc) is 3.09. The molecule has 0 saturated carbocycles. The van der Waals surface area contributed by atoms with Crippen LogP contribution in [-0.4, -0.2) is 30.8 Å². The standard InChI is InChI=1S/C16H16N4O3S2/c21-15(18-10-12-4-1-2-8-17-12)7-9-20-25(22,23)14-6-3-5-13-16(14)19-11-24-13/h1-6,8,11,20H,7,9-10H2,(H,18,21). The fourth-order valence-electron chi connectivity index (χ4n) is 2.23. The van der Waals surface area contributed by atoms with E-state index >= 15 is 0 Å². The number of fused-ring (bicyclic) bond motifs is 1. The number of rotatable bonds is 7. The van der Waals surface area contributed by atoms with Crippen molar-refractivity contribution in [3.63, 3.8) is 0 Å². The number of aromatic nitrogens is 2. The highest BCUT2D eigenvalue weighted by molar-refractivity contribution is 7.89. The SMILES string of the molecule is O=C(CCNS(=O)(=O)c1cccc2scnc12)NCc1ccccn1. The number of hydrogen-bond acceptors (Lipinski definition) is 6. The first kappa shape index (κ1) is 17.5. The normalized spacial score (nSPS) is 11.5. The summed E-state index contributed by atoms with van der Waals surface area (Å²) in [5.41, 5.74) is 2.79. The van der Waals surface area contributed by atoms with Gasteiger partial charge >= 0.3 is 0 Å². The van der Waals surface area contributed by atoms with Crippen LogP contribution in [0.25, 0.3) is 10.2 Å². The number of hydrogen-bond donors (Lipinski definition) is 2. The van der Waals surface area contributed by atoms with Crippen molar-refractivity contribution in [1.82, 2.24) is 20.0 Å². The van der Waals surface area contributed by atoms with Gasteiger partial charge in [0, 0.05) is 19.2 Å². The summed E-state index contributed by atoms with van der Waals surface area (Å²) in [5, 5.41) is 2.70. The summed E-state index contributed by atoms with van der Waals surface area (Å²) >= 11 is 1.38. The zero-order valence-corrected chi connectivity index (χ0v) is 14.8. The van der Waals surface area contributed by atoms with E-state index in [-0.39, 0.29) is 23.8 Å². The molecule has 0 radical (unpaired) electrons. The van der Waals surface area contributed by atoms with E-state index in [1.165, 1.54) is 17.4 Å². The Morgan fingerprint density at radius 3 is 2.80 bits per heavy atom. The fraction of sp³-hybridized carbons (Fsp3) is 0.188. The summed E-state index contributed by atoms with van der Waals surface area (Å²) in [6, 6.07) is 10.4. The molecule has 0 bridgehead atoms. The first-order chi connectivity index (χ1) is 12.1. The second-order valence-corrected chi connectivity index (χ2v) is 7.82. The molecule has 1 amide bonds. The molecule has 3 aromatic rings. The zero-order valence-electron chi connectivity index (χ0n) is 13.2. The molecule has 0 saturated heterocycles. The molecule has 0 fully saturated rings. The minimum absolute atomic E-state index is 0.0108. The van der Waals surface area contributed by atoms with Crippen LogP contribution in [0, 0.1) is 0 Å². The molecule has 2 N–H and O–H groups in total. The Hall–Kier alpha value is -2.36. The van der Waals surface area contributed by atoms with E-state index in [1.54, 1.807) is 29.9 Å². The van der Waals surface area contributed by atoms with E-state index in [4.69, 9.17) is 0 Å². The van der Waals surface area contributed by atoms with Crippen molar-refractivity contribution in [2.24, 2.45) is 0 Å². The quantitative estimate of drug-likeness (QED) is 0.653. The third-order valence-corrected chi connectivity index (χ3v) is 5.74. The Kier molecular flexibility index (Phi) is 5.37. The summed E-state index contributed by atoms with van der Waals surface area (Å²) < 4.78 is 28.1. The number of amides is 1. The summed E-state index contributed by atoms with van der Waals surface area (Å²) in [7, 11) is -3.72. The molecule has 1 aromatic carbocycles. The van der Waals surface area contributed by atoms with Gasteiger partial charge in [0.2, 0.25) is 15.9 Å². The largest absolute Gasteiger partial charge is 0.350 e. The third-order valence-electron chi connectivity index (χ3n) is 3.45. The highest BCUT2D eigenvalue weighted by Crippen LogP contribution is 2.24. The number of pyridine rings is 1. The monoisotopic (exact) mass is 376 g/mol. The minimum atomic E-state index is -3.72. The molecule has 3 rings (SSSR count). The molecular weight excluding hydrogens is 360 g/mol. The lowest BCUT2D eigenvalue weighted by Gasteiger charge is -2.08. The minimum Gasteiger partial charge on any atom is -0.350 e. The summed E-state index contributed by atoms with van der Waals surface area (Å²) in [4.78, 5) is 20.2. The van der Waals surface area contributed by atoms with Gasteiger partial charge in [0.15, 0.2) is 0 Å². The van der Waals surface area contributed by atoms with E-state index in [2.05, 4.69) is 20.0 Å². The van der Waals surface area contributed by atoms with Crippen molar-refractivity contribution in [3.8, 4) is 0 Å². The zero-order chi connectivity index (χ0) is 17.7. The molecule has 130 valence electrons. The molecule has 2 heterocycles. The summed E-state index contributed by atoms with van der Waals surface area (Å²) in [6.45, 7) is 0.321. The molecule has 0 aliphatic heterocycles. The number of thiazole rings is 1. The van der Waals surface area contributed by atoms with Crippen LogP contribution in [0.2, 0.25) is 0 Å². The third kappa shape index (κ3) is 4.38. The van der Waals surface area contributed by atoms with Crippen LogP contribution >= 0.6 is 11.3 Å². The van der Waals surface area contributed by atoms with Crippen molar-refractivity contribution < 1.29 is 13.2 Å². The van der Waals surface area contributed by atoms with Crippen LogP contribution < -0.4 is 10.0 Å². The number of carbonyl (C=O) groups is 1. The number of benzene rings is 1. The van der Waals surface area contributed by atoms with E-state index in [9.17, 15) is 13.2 Å². The molecule has 0 aliphatic carbocycles. The van der Waals surface area contributed by atoms with E-state index in [0.29, 0.717) is 12.1 Å². The van der Waals surface area contributed by atoms with Crippen LogP contribution in [0.3, 0.4) is 0 Å². The van der Waals surface area contributed by atoms with Crippen molar-refractivity contribution in [1.29, 1.82) is 0 Å². The maximum absolute atomic E-state index is 12.4. The first-order valence-electron chi connectivity index (χ1n) is 7.55. The maximum Gasteiger partial charge on any atom is 0.242 e. The average molecular weight is 376 g/mol. The lowest BCUT2D eigenvalue weighted by Crippen LogP contribution is -2.30. The second kappa shape index (κ2) is 7.68. The van der Waals surface area contributed by atoms with Gasteiger partial charge in [-0.05, 0) is 24.3 Å². The van der Waals surface area contributed by atoms with Crippen molar-refractivity contribution in [2.45, 2.75) is 17.9 Å². The van der Waals surface area contributed by atoms with Crippen LogP contribution in [0.4, 0.5) is 0 Å². The van der Waals surface area contributed by atoms with Gasteiger partial charge in [-0.15, -0.1) is 11.3 Å². The fourth-order valence-corrected chi connectivity index (χ4v) is 4.20. The molecule has 0 aliphatic rings. The van der Waals surface area contributed by atoms with Gasteiger partial charge in [-0.2, -0.15) is 0 Å². The smallest absolute Gasteiger partial charge is 0.242 e. The molecule has 0 atom stereocenters. The van der Waals surface area contributed by atoms with Gasteiger partial charge in [-0.1, -0.05) is 12.1 Å². The molecule has 9 heteroatoms. The first-order valence-corrected chi connectivity index (χ1v) is 9.91. The van der Waals surface area contributed by atoms with Crippen LogP contribution in [0.15, 0.2) is 53.0 Å². The number of para-hydroxylation sites is 1. The lowest BCUT2D eigenvalue weighted by atomic mass is 10.3. The number of nitrogens with zero attached hydrogens (tertiary/aromatic N) is 2. The number of sulfonamides is 1. The van der Waals surface area contributed by atoms with Gasteiger partial charge in [0.25, 0.3) is 0 Å². The van der Waals surface area contributed by atoms with E-state index in [0.717, 1.165) is 10.4 Å². The Bertz CT molecular complexity index is 971. The Balaban J connectivity index is 1.54. The van der Waals surface area contributed by atoms with Crippen molar-refractivity contribution in [3.05, 3.63) is 53.8 Å². The van der Waals surface area contributed by atoms with Gasteiger partial charge in [-0.3, -0.25) is 9.78 Å². The highest BCUT2D eigenvalue weighted by atomic mass is 32.2. The van der Waals surface area contributed by atoms with Gasteiger partial charge in [0.1, 0.15) is 10.4 Å². The summed E-state index contributed by atoms with van der Waals surface area (Å²) in [5.74, 6) is -0.250. The Morgan fingerprint density at radius 1 is 1.12 bits per heavy atom. The molecule has 0 unspecified atom stereocenters. The van der Waals surface area contributed by atoms with Crippen LogP contribution in [-0.2, 0) is 21.4 Å². The van der Waals surface area contributed by atoms with Crippen molar-refractivity contribution >= 4 is 37.5 Å². The van der Waals surface area contributed by atoms with Crippen molar-refractivity contribution in [2.75, 3.05) is 6.54 Å². The number of carbonyl (C=O) groups excluding carboxylic acids is 1. The van der Waals surface area contributed by atoms with Crippen LogP contribution in [0.1, 0.15) is 12.1 Å². The van der Waals surface area contributed by atoms with E-state index < -0.39 is 10.0 Å². The van der Waals surface area contributed by atoms with Gasteiger partial charge in [0.05, 0.1) is 22.4 Å². The van der Waals surface area contributed by atoms with E-state index in [1.807, 2.05) is 12.1 Å². The molecular formula is C16H16N4O3S2. The second-order valence-electron chi connectivity index (χ2n) is 5.20. The van der Waals surface area contributed by atoms with Gasteiger partial charge in [-0.25, -0.2) is 18.1 Å². The number of nitrogens with one attached hydrogen (secondary N) is 2. The predicted molar refractivity (Wildman–Crippen MR) is 95.5 cm³/mol.